The van der Waals surface area contributed by atoms with Crippen LogP contribution in [0.3, 0.4) is 0 Å². The van der Waals surface area contributed by atoms with Crippen LogP contribution in [0.5, 0.6) is 0 Å². The first kappa shape index (κ1) is 18.6. The normalized spacial score (nSPS) is 15.9. The molecular formula is C20H26N6O2. The predicted molar refractivity (Wildman–Crippen MR) is 106 cm³/mol. The highest BCUT2D eigenvalue weighted by Crippen LogP contribution is 2.30. The molecule has 8 heteroatoms. The maximum absolute atomic E-state index is 12.4. The summed E-state index contributed by atoms with van der Waals surface area (Å²) in [7, 11) is 0. The molecule has 1 saturated heterocycles. The van der Waals surface area contributed by atoms with E-state index in [-0.39, 0.29) is 24.1 Å². The number of fused-ring (bicyclic) bond motifs is 3. The summed E-state index contributed by atoms with van der Waals surface area (Å²) in [5, 5.41) is 7.29. The van der Waals surface area contributed by atoms with Gasteiger partial charge in [-0.1, -0.05) is 0 Å². The predicted octanol–water partition coefficient (Wildman–Crippen LogP) is 1.31. The summed E-state index contributed by atoms with van der Waals surface area (Å²) in [5.41, 5.74) is 3.18. The minimum absolute atomic E-state index is 0.0168. The zero-order chi connectivity index (χ0) is 19.7. The van der Waals surface area contributed by atoms with Crippen LogP contribution >= 0.6 is 0 Å². The zero-order valence-electron chi connectivity index (χ0n) is 16.4. The Morgan fingerprint density at radius 2 is 2.00 bits per heavy atom. The monoisotopic (exact) mass is 382 g/mol. The Labute approximate surface area is 164 Å². The standard InChI is InChI=1S/C20H26N6O2/c1-13(2)22-17(27)12-26-18(28)10-14-6-7-16-15(19(14)24-26)11-21-20(23-16)25-8-4-3-5-9-25/h10-11,13H,3-9,12H2,1-2H3,(H,22,27). The largest absolute Gasteiger partial charge is 0.352 e. The van der Waals surface area contributed by atoms with Gasteiger partial charge in [0.15, 0.2) is 0 Å². The molecule has 0 spiro atoms. The number of carbonyl (C=O) groups is 1. The first-order chi connectivity index (χ1) is 13.5. The number of piperidine rings is 1. The fourth-order valence-corrected chi connectivity index (χ4v) is 3.85. The molecule has 2 aromatic heterocycles. The molecule has 1 aliphatic heterocycles. The van der Waals surface area contributed by atoms with E-state index >= 15 is 0 Å². The van der Waals surface area contributed by atoms with Crippen molar-refractivity contribution in [3.8, 4) is 11.3 Å². The van der Waals surface area contributed by atoms with Gasteiger partial charge in [0.05, 0.1) is 11.4 Å². The third-order valence-electron chi connectivity index (χ3n) is 5.20. The van der Waals surface area contributed by atoms with E-state index in [1.807, 2.05) is 20.0 Å². The number of hydrogen-bond donors (Lipinski definition) is 1. The van der Waals surface area contributed by atoms with Gasteiger partial charge >= 0.3 is 0 Å². The first-order valence-corrected chi connectivity index (χ1v) is 10.0. The zero-order valence-corrected chi connectivity index (χ0v) is 16.4. The molecule has 0 unspecified atom stereocenters. The minimum atomic E-state index is -0.257. The lowest BCUT2D eigenvalue weighted by molar-refractivity contribution is -0.122. The van der Waals surface area contributed by atoms with Gasteiger partial charge in [0.2, 0.25) is 11.9 Å². The molecule has 0 radical (unpaired) electrons. The van der Waals surface area contributed by atoms with Crippen LogP contribution in [-0.4, -0.2) is 44.8 Å². The van der Waals surface area contributed by atoms with E-state index < -0.39 is 0 Å². The van der Waals surface area contributed by atoms with Crippen molar-refractivity contribution in [3.05, 3.63) is 33.9 Å². The van der Waals surface area contributed by atoms with Crippen molar-refractivity contribution in [2.24, 2.45) is 0 Å². The van der Waals surface area contributed by atoms with Crippen LogP contribution < -0.4 is 15.8 Å². The second-order valence-electron chi connectivity index (χ2n) is 7.81. The molecule has 4 rings (SSSR count). The molecule has 0 aromatic carbocycles. The van der Waals surface area contributed by atoms with E-state index in [1.165, 1.54) is 23.9 Å². The number of hydrogen-bond acceptors (Lipinski definition) is 6. The molecule has 1 aliphatic carbocycles. The van der Waals surface area contributed by atoms with Crippen LogP contribution in [-0.2, 0) is 24.2 Å². The average molecular weight is 382 g/mol. The molecular weight excluding hydrogens is 356 g/mol. The maximum atomic E-state index is 12.4. The Kier molecular flexibility index (Phi) is 5.11. The van der Waals surface area contributed by atoms with Crippen molar-refractivity contribution in [1.29, 1.82) is 0 Å². The first-order valence-electron chi connectivity index (χ1n) is 10.0. The number of nitrogens with zero attached hydrogens (tertiary/aromatic N) is 5. The number of nitrogens with one attached hydrogen (secondary N) is 1. The van der Waals surface area contributed by atoms with Gasteiger partial charge in [0.1, 0.15) is 6.54 Å². The van der Waals surface area contributed by atoms with Gasteiger partial charge in [-0.3, -0.25) is 9.59 Å². The number of anilines is 1. The SMILES string of the molecule is CC(C)NC(=O)Cn1nc2c(cc1=O)CCc1nc(N3CCCCC3)ncc1-2. The van der Waals surface area contributed by atoms with E-state index in [1.54, 1.807) is 6.07 Å². The third-order valence-corrected chi connectivity index (χ3v) is 5.20. The Morgan fingerprint density at radius 3 is 2.75 bits per heavy atom. The second kappa shape index (κ2) is 7.69. The smallest absolute Gasteiger partial charge is 0.267 e. The second-order valence-corrected chi connectivity index (χ2v) is 7.81. The number of aryl methyl sites for hydroxylation is 2. The fourth-order valence-electron chi connectivity index (χ4n) is 3.85. The van der Waals surface area contributed by atoms with Crippen molar-refractivity contribution < 1.29 is 4.79 Å². The topological polar surface area (TPSA) is 93.0 Å². The summed E-state index contributed by atoms with van der Waals surface area (Å²) in [6.45, 7) is 5.67. The van der Waals surface area contributed by atoms with Crippen LogP contribution in [0.2, 0.25) is 0 Å². The van der Waals surface area contributed by atoms with Crippen molar-refractivity contribution in [3.63, 3.8) is 0 Å². The van der Waals surface area contributed by atoms with Gasteiger partial charge in [-0.2, -0.15) is 5.10 Å². The Hall–Kier alpha value is -2.77. The van der Waals surface area contributed by atoms with E-state index in [0.717, 1.165) is 48.7 Å². The fraction of sp³-hybridized carbons (Fsp3) is 0.550. The lowest BCUT2D eigenvalue weighted by atomic mass is 9.94. The molecule has 1 fully saturated rings. The van der Waals surface area contributed by atoms with Crippen molar-refractivity contribution in [1.82, 2.24) is 25.1 Å². The van der Waals surface area contributed by atoms with E-state index in [4.69, 9.17) is 4.98 Å². The summed E-state index contributed by atoms with van der Waals surface area (Å²) in [6.07, 6.45) is 6.93. The maximum Gasteiger partial charge on any atom is 0.267 e. The minimum Gasteiger partial charge on any atom is -0.352 e. The summed E-state index contributed by atoms with van der Waals surface area (Å²) in [6, 6.07) is 1.61. The van der Waals surface area contributed by atoms with Gasteiger partial charge < -0.3 is 10.2 Å². The lowest BCUT2D eigenvalue weighted by Gasteiger charge is -2.28. The summed E-state index contributed by atoms with van der Waals surface area (Å²) in [4.78, 5) is 36.0. The average Bonchev–Trinajstić information content (AvgIpc) is 2.68. The summed E-state index contributed by atoms with van der Waals surface area (Å²) >= 11 is 0. The number of amides is 1. The van der Waals surface area contributed by atoms with Crippen LogP contribution in [0, 0.1) is 0 Å². The Morgan fingerprint density at radius 1 is 1.21 bits per heavy atom. The number of rotatable bonds is 4. The molecule has 1 N–H and O–H groups in total. The van der Waals surface area contributed by atoms with Crippen LogP contribution in [0.25, 0.3) is 11.3 Å². The van der Waals surface area contributed by atoms with Gasteiger partial charge in [-0.15, -0.1) is 0 Å². The highest BCUT2D eigenvalue weighted by molar-refractivity contribution is 5.76. The van der Waals surface area contributed by atoms with Crippen molar-refractivity contribution in [2.45, 2.75) is 58.5 Å². The summed E-state index contributed by atoms with van der Waals surface area (Å²) < 4.78 is 1.23. The molecule has 0 bridgehead atoms. The van der Waals surface area contributed by atoms with Gasteiger partial charge in [-0.25, -0.2) is 14.6 Å². The van der Waals surface area contributed by atoms with E-state index in [0.29, 0.717) is 5.69 Å². The molecule has 2 aromatic rings. The molecule has 3 heterocycles. The molecule has 1 amide bonds. The van der Waals surface area contributed by atoms with E-state index in [9.17, 15) is 9.59 Å². The van der Waals surface area contributed by atoms with Crippen LogP contribution in [0.15, 0.2) is 17.1 Å². The van der Waals surface area contributed by atoms with Gasteiger partial charge in [0, 0.05) is 37.0 Å². The molecule has 8 nitrogen and oxygen atoms in total. The molecule has 2 aliphatic rings. The van der Waals surface area contributed by atoms with Gasteiger partial charge in [0.25, 0.3) is 5.56 Å². The lowest BCUT2D eigenvalue weighted by Crippen LogP contribution is -2.37. The van der Waals surface area contributed by atoms with E-state index in [2.05, 4.69) is 20.3 Å². The molecule has 148 valence electrons. The quantitative estimate of drug-likeness (QED) is 0.857. The summed E-state index contributed by atoms with van der Waals surface area (Å²) in [5.74, 6) is 0.559. The highest BCUT2D eigenvalue weighted by atomic mass is 16.2. The molecule has 0 atom stereocenters. The van der Waals surface area contributed by atoms with Crippen LogP contribution in [0.4, 0.5) is 5.95 Å². The van der Waals surface area contributed by atoms with Crippen molar-refractivity contribution in [2.75, 3.05) is 18.0 Å². The number of aromatic nitrogens is 4. The van der Waals surface area contributed by atoms with Crippen LogP contribution in [0.1, 0.15) is 44.4 Å². The van der Waals surface area contributed by atoms with Gasteiger partial charge in [-0.05, 0) is 51.5 Å². The number of carbonyl (C=O) groups excluding carboxylic acids is 1. The Balaban J connectivity index is 1.65. The Bertz CT molecular complexity index is 946. The third kappa shape index (κ3) is 3.76. The molecule has 0 saturated carbocycles. The molecule has 28 heavy (non-hydrogen) atoms. The van der Waals surface area contributed by atoms with Crippen molar-refractivity contribution >= 4 is 11.9 Å². The highest BCUT2D eigenvalue weighted by Gasteiger charge is 2.23.